The van der Waals surface area contributed by atoms with E-state index in [1.807, 2.05) is 47.2 Å². The maximum Gasteiger partial charge on any atom is 0.411 e. The van der Waals surface area contributed by atoms with Gasteiger partial charge >= 0.3 is 6.09 Å². The number of rotatable bonds is 9. The quantitative estimate of drug-likeness (QED) is 0.403. The molecule has 0 aliphatic carbocycles. The third-order valence-corrected chi connectivity index (χ3v) is 6.66. The van der Waals surface area contributed by atoms with Crippen LogP contribution in [0.5, 0.6) is 5.75 Å². The van der Waals surface area contributed by atoms with Crippen LogP contribution in [0.4, 0.5) is 10.5 Å². The third kappa shape index (κ3) is 5.85. The highest BCUT2D eigenvalue weighted by Gasteiger charge is 2.45. The fraction of sp³-hybridized carbons (Fsp3) is 0.333. The Bertz CT molecular complexity index is 1100. The second-order valence-electron chi connectivity index (χ2n) is 7.57. The molecule has 2 atom stereocenters. The van der Waals surface area contributed by atoms with Gasteiger partial charge in [0.2, 0.25) is 5.79 Å². The summed E-state index contributed by atoms with van der Waals surface area (Å²) in [6, 6.07) is 13.0. The van der Waals surface area contributed by atoms with Crippen molar-refractivity contribution in [2.75, 3.05) is 31.4 Å². The molecular formula is C24H26ClN3O5S. The van der Waals surface area contributed by atoms with Crippen molar-refractivity contribution in [3.8, 4) is 5.75 Å². The van der Waals surface area contributed by atoms with Gasteiger partial charge in [0.25, 0.3) is 0 Å². The van der Waals surface area contributed by atoms with Crippen molar-refractivity contribution in [3.05, 3.63) is 71.8 Å². The van der Waals surface area contributed by atoms with Crippen molar-refractivity contribution in [3.63, 3.8) is 0 Å². The van der Waals surface area contributed by atoms with Crippen LogP contribution >= 0.6 is 23.4 Å². The zero-order chi connectivity index (χ0) is 24.0. The second kappa shape index (κ2) is 11.1. The molecule has 1 aliphatic rings. The van der Waals surface area contributed by atoms with Gasteiger partial charge in [-0.3, -0.25) is 5.32 Å². The molecule has 8 nitrogen and oxygen atoms in total. The summed E-state index contributed by atoms with van der Waals surface area (Å²) >= 11 is 8.25. The summed E-state index contributed by atoms with van der Waals surface area (Å²) in [6.07, 6.45) is 4.68. The molecule has 1 saturated heterocycles. The van der Waals surface area contributed by atoms with Crippen LogP contribution < -0.4 is 10.1 Å². The van der Waals surface area contributed by atoms with Gasteiger partial charge in [-0.05, 0) is 49.4 Å². The van der Waals surface area contributed by atoms with E-state index in [0.717, 1.165) is 10.5 Å². The number of carbonyl (C=O) groups is 1. The number of halogens is 1. The molecule has 0 radical (unpaired) electrons. The van der Waals surface area contributed by atoms with Gasteiger partial charge in [0.05, 0.1) is 44.3 Å². The minimum atomic E-state index is -1.04. The molecule has 1 fully saturated rings. The number of anilines is 1. The highest BCUT2D eigenvalue weighted by atomic mass is 35.5. The van der Waals surface area contributed by atoms with Crippen LogP contribution in [0, 0.1) is 0 Å². The molecule has 2 unspecified atom stereocenters. The lowest BCUT2D eigenvalue weighted by Gasteiger charge is -2.30. The topological polar surface area (TPSA) is 83.8 Å². The summed E-state index contributed by atoms with van der Waals surface area (Å²) in [5.41, 5.74) is 1.42. The number of hydrogen-bond acceptors (Lipinski definition) is 7. The normalized spacial score (nSPS) is 19.7. The third-order valence-electron chi connectivity index (χ3n) is 5.21. The molecule has 2 heterocycles. The molecule has 3 aromatic rings. The summed E-state index contributed by atoms with van der Waals surface area (Å²) in [5.74, 6) is 0.310. The molecule has 1 aliphatic heterocycles. The van der Waals surface area contributed by atoms with Crippen LogP contribution in [0.3, 0.4) is 0 Å². The second-order valence-corrected chi connectivity index (χ2v) is 9.07. The molecule has 34 heavy (non-hydrogen) atoms. The summed E-state index contributed by atoms with van der Waals surface area (Å²) in [4.78, 5) is 16.7. The number of ether oxygens (including phenoxy) is 4. The van der Waals surface area contributed by atoms with Crippen LogP contribution in [0.1, 0.15) is 12.5 Å². The van der Waals surface area contributed by atoms with Gasteiger partial charge < -0.3 is 23.5 Å². The van der Waals surface area contributed by atoms with Crippen molar-refractivity contribution in [1.82, 2.24) is 9.55 Å². The molecule has 180 valence electrons. The lowest BCUT2D eigenvalue weighted by molar-refractivity contribution is -0.184. The van der Waals surface area contributed by atoms with Crippen molar-refractivity contribution >= 4 is 35.1 Å². The number of imidazole rings is 1. The van der Waals surface area contributed by atoms with Gasteiger partial charge in [-0.25, -0.2) is 9.78 Å². The molecule has 1 amide bonds. The Kier molecular flexibility index (Phi) is 7.99. The fourth-order valence-electron chi connectivity index (χ4n) is 3.62. The van der Waals surface area contributed by atoms with Crippen LogP contribution in [0.25, 0.3) is 0 Å². The van der Waals surface area contributed by atoms with Crippen molar-refractivity contribution in [2.45, 2.75) is 30.3 Å². The Labute approximate surface area is 207 Å². The highest BCUT2D eigenvalue weighted by molar-refractivity contribution is 7.99. The van der Waals surface area contributed by atoms with Gasteiger partial charge in [-0.1, -0.05) is 11.6 Å². The van der Waals surface area contributed by atoms with Crippen LogP contribution in [-0.2, 0) is 26.5 Å². The number of methoxy groups -OCH3 is 1. The van der Waals surface area contributed by atoms with Crippen LogP contribution in [0.15, 0.2) is 66.1 Å². The number of carbonyl (C=O) groups excluding carboxylic acids is 1. The molecule has 4 rings (SSSR count). The maximum absolute atomic E-state index is 11.6. The van der Waals surface area contributed by atoms with Crippen molar-refractivity contribution in [2.24, 2.45) is 0 Å². The first kappa shape index (κ1) is 24.4. The standard InChI is InChI=1S/C24H26ClN3O5S/c1-3-31-23(29)27-17-4-7-20(8-5-17)34-14-19-13-32-24(33-19,15-28-11-10-26-16-28)21-9-6-18(30-2)12-22(21)25/h4-12,16,19H,3,13-15H2,1-2H3,(H,27,29). The summed E-state index contributed by atoms with van der Waals surface area (Å²) < 4.78 is 24.9. The molecule has 0 saturated carbocycles. The van der Waals surface area contributed by atoms with E-state index in [9.17, 15) is 4.79 Å². The molecular weight excluding hydrogens is 478 g/mol. The summed E-state index contributed by atoms with van der Waals surface area (Å²) in [6.45, 7) is 2.93. The first-order chi connectivity index (χ1) is 16.5. The van der Waals surface area contributed by atoms with Crippen LogP contribution in [0.2, 0.25) is 5.02 Å². The van der Waals surface area contributed by atoms with E-state index in [4.69, 9.17) is 30.5 Å². The average Bonchev–Trinajstić information content (AvgIpc) is 3.49. The van der Waals surface area contributed by atoms with E-state index in [2.05, 4.69) is 10.3 Å². The monoisotopic (exact) mass is 503 g/mol. The Morgan fingerprint density at radius 1 is 1.32 bits per heavy atom. The van der Waals surface area contributed by atoms with E-state index in [-0.39, 0.29) is 6.10 Å². The Morgan fingerprint density at radius 3 is 2.82 bits per heavy atom. The Hall–Kier alpha value is -2.72. The number of hydrogen-bond donors (Lipinski definition) is 1. The zero-order valence-electron chi connectivity index (χ0n) is 18.9. The number of benzene rings is 2. The molecule has 1 aromatic heterocycles. The summed E-state index contributed by atoms with van der Waals surface area (Å²) in [5, 5.41) is 3.20. The molecule has 10 heteroatoms. The molecule has 0 bridgehead atoms. The number of amides is 1. The number of thioether (sulfide) groups is 1. The van der Waals surface area contributed by atoms with Crippen LogP contribution in [-0.4, -0.2) is 47.8 Å². The predicted octanol–water partition coefficient (Wildman–Crippen LogP) is 5.17. The Balaban J connectivity index is 1.43. The van der Waals surface area contributed by atoms with E-state index in [1.54, 1.807) is 44.4 Å². The van der Waals surface area contributed by atoms with Crippen molar-refractivity contribution < 1.29 is 23.7 Å². The van der Waals surface area contributed by atoms with E-state index < -0.39 is 11.9 Å². The Morgan fingerprint density at radius 2 is 2.15 bits per heavy atom. The molecule has 1 N–H and O–H groups in total. The first-order valence-electron chi connectivity index (χ1n) is 10.8. The predicted molar refractivity (Wildman–Crippen MR) is 131 cm³/mol. The lowest BCUT2D eigenvalue weighted by atomic mass is 10.1. The minimum Gasteiger partial charge on any atom is -0.497 e. The van der Waals surface area contributed by atoms with Gasteiger partial charge in [0.15, 0.2) is 0 Å². The fourth-order valence-corrected chi connectivity index (χ4v) is 4.80. The van der Waals surface area contributed by atoms with Gasteiger partial charge in [0, 0.05) is 34.3 Å². The molecule has 2 aromatic carbocycles. The van der Waals surface area contributed by atoms with E-state index in [0.29, 0.717) is 42.0 Å². The van der Waals surface area contributed by atoms with E-state index in [1.165, 1.54) is 0 Å². The highest BCUT2D eigenvalue weighted by Crippen LogP contribution is 2.41. The smallest absolute Gasteiger partial charge is 0.411 e. The number of nitrogens with zero attached hydrogens (tertiary/aromatic N) is 2. The van der Waals surface area contributed by atoms with Gasteiger partial charge in [-0.2, -0.15) is 0 Å². The van der Waals surface area contributed by atoms with Gasteiger partial charge in [0.1, 0.15) is 5.75 Å². The molecule has 0 spiro atoms. The first-order valence-corrected chi connectivity index (χ1v) is 12.2. The average molecular weight is 504 g/mol. The van der Waals surface area contributed by atoms with Crippen molar-refractivity contribution in [1.29, 1.82) is 0 Å². The zero-order valence-corrected chi connectivity index (χ0v) is 20.5. The number of nitrogens with one attached hydrogen (secondary N) is 1. The van der Waals surface area contributed by atoms with E-state index >= 15 is 0 Å². The maximum atomic E-state index is 11.6. The minimum absolute atomic E-state index is 0.149. The lowest BCUT2D eigenvalue weighted by Crippen LogP contribution is -2.34. The van der Waals surface area contributed by atoms with Gasteiger partial charge in [-0.15, -0.1) is 11.8 Å². The number of aromatic nitrogens is 2. The SMILES string of the molecule is CCOC(=O)Nc1ccc(SCC2COC(Cn3ccnc3)(c3ccc(OC)cc3Cl)O2)cc1. The largest absolute Gasteiger partial charge is 0.497 e. The summed E-state index contributed by atoms with van der Waals surface area (Å²) in [7, 11) is 1.60.